The molecule has 8 nitrogen and oxygen atoms in total. The number of nitrogens with zero attached hydrogens (tertiary/aromatic N) is 2. The highest BCUT2D eigenvalue weighted by molar-refractivity contribution is 7.99. The molecule has 0 spiro atoms. The van der Waals surface area contributed by atoms with Crippen LogP contribution in [0, 0.1) is 10.1 Å². The van der Waals surface area contributed by atoms with Crippen molar-refractivity contribution in [2.45, 2.75) is 11.3 Å². The fourth-order valence-electron chi connectivity index (χ4n) is 1.66. The molecule has 3 N–H and O–H groups in total. The molecule has 1 aromatic heterocycles. The lowest BCUT2D eigenvalue weighted by Gasteiger charge is -2.08. The molecule has 0 amide bonds. The number of H-pyrrole nitrogens is 1. The number of hydrogen-bond acceptors (Lipinski definition) is 7. The molecule has 0 aliphatic carbocycles. The molecule has 1 heterocycles. The molecule has 0 radical (unpaired) electrons. The third-order valence-corrected chi connectivity index (χ3v) is 3.63. The number of imidazole rings is 1. The summed E-state index contributed by atoms with van der Waals surface area (Å²) < 4.78 is 5.02. The third kappa shape index (κ3) is 4.39. The quantitative estimate of drug-likeness (QED) is 0.287. The Kier molecular flexibility index (Phi) is 5.51. The highest BCUT2D eigenvalue weighted by Gasteiger charge is 2.11. The second kappa shape index (κ2) is 7.36. The number of nitro benzene ring substituents is 1. The second-order valence-corrected chi connectivity index (χ2v) is 5.27. The Bertz CT molecular complexity index is 618. The van der Waals surface area contributed by atoms with Gasteiger partial charge in [-0.1, -0.05) is 11.8 Å². The summed E-state index contributed by atoms with van der Waals surface area (Å²) in [5.74, 6) is 0.368. The maximum Gasteiger partial charge on any atom is 0.271 e. The molecular weight excluding hydrogens is 298 g/mol. The van der Waals surface area contributed by atoms with E-state index < -0.39 is 11.0 Å². The van der Waals surface area contributed by atoms with Gasteiger partial charge in [-0.2, -0.15) is 0 Å². The van der Waals surface area contributed by atoms with Crippen molar-refractivity contribution in [2.24, 2.45) is 0 Å². The van der Waals surface area contributed by atoms with Crippen LogP contribution in [0.1, 0.15) is 0 Å². The van der Waals surface area contributed by atoms with Crippen molar-refractivity contribution < 1.29 is 19.9 Å². The lowest BCUT2D eigenvalue weighted by molar-refractivity contribution is -0.384. The van der Waals surface area contributed by atoms with Crippen LogP contribution in [-0.2, 0) is 4.74 Å². The van der Waals surface area contributed by atoms with Gasteiger partial charge in [0, 0.05) is 17.9 Å². The van der Waals surface area contributed by atoms with E-state index in [1.165, 1.54) is 23.9 Å². The molecule has 1 atom stereocenters. The van der Waals surface area contributed by atoms with Gasteiger partial charge in [0.25, 0.3) is 5.69 Å². The first-order valence-electron chi connectivity index (χ1n) is 6.24. The summed E-state index contributed by atoms with van der Waals surface area (Å²) in [6, 6.07) is 4.40. The van der Waals surface area contributed by atoms with Gasteiger partial charge in [-0.3, -0.25) is 10.1 Å². The average Bonchev–Trinajstić information content (AvgIpc) is 2.87. The summed E-state index contributed by atoms with van der Waals surface area (Å²) in [7, 11) is 0. The number of nitro groups is 1. The largest absolute Gasteiger partial charge is 0.394 e. The van der Waals surface area contributed by atoms with Crippen LogP contribution in [-0.4, -0.2) is 56.8 Å². The lowest BCUT2D eigenvalue weighted by atomic mass is 10.3. The van der Waals surface area contributed by atoms with Gasteiger partial charge in [-0.05, 0) is 6.07 Å². The lowest BCUT2D eigenvalue weighted by Crippen LogP contribution is -2.19. The van der Waals surface area contributed by atoms with Crippen molar-refractivity contribution >= 4 is 28.5 Å². The molecule has 0 unspecified atom stereocenters. The minimum atomic E-state index is -0.677. The van der Waals surface area contributed by atoms with Crippen LogP contribution in [0.4, 0.5) is 5.69 Å². The molecule has 0 aliphatic heterocycles. The summed E-state index contributed by atoms with van der Waals surface area (Å²) in [5, 5.41) is 29.5. The standard InChI is InChI=1S/C12H15N3O5S/c16-3-4-20-6-9(17)7-21-12-13-10-2-1-8(15(18)19)5-11(10)14-12/h1-2,5,9,16-17H,3-4,6-7H2,(H,13,14)/t9-/m0/s1. The van der Waals surface area contributed by atoms with Gasteiger partial charge in [-0.25, -0.2) is 4.98 Å². The van der Waals surface area contributed by atoms with Crippen LogP contribution in [0.5, 0.6) is 0 Å². The van der Waals surface area contributed by atoms with Crippen molar-refractivity contribution in [3.8, 4) is 0 Å². The Labute approximate surface area is 124 Å². The van der Waals surface area contributed by atoms with Crippen LogP contribution >= 0.6 is 11.8 Å². The normalized spacial score (nSPS) is 12.7. The summed E-state index contributed by atoms with van der Waals surface area (Å²) in [6.07, 6.45) is -0.677. The first kappa shape index (κ1) is 15.7. The van der Waals surface area contributed by atoms with Gasteiger partial charge in [0.1, 0.15) is 0 Å². The zero-order valence-corrected chi connectivity index (χ0v) is 11.9. The highest BCUT2D eigenvalue weighted by Crippen LogP contribution is 2.23. The number of aliphatic hydroxyl groups is 2. The molecule has 0 saturated heterocycles. The Morgan fingerprint density at radius 3 is 3.05 bits per heavy atom. The second-order valence-electron chi connectivity index (χ2n) is 4.26. The number of rotatable bonds is 8. The Hall–Kier alpha value is -1.68. The van der Waals surface area contributed by atoms with Crippen LogP contribution in [0.25, 0.3) is 11.0 Å². The summed E-state index contributed by atoms with van der Waals surface area (Å²) in [4.78, 5) is 17.5. The van der Waals surface area contributed by atoms with Gasteiger partial charge in [0.2, 0.25) is 0 Å². The van der Waals surface area contributed by atoms with E-state index in [-0.39, 0.29) is 25.5 Å². The molecule has 114 valence electrons. The van der Waals surface area contributed by atoms with Crippen LogP contribution in [0.15, 0.2) is 23.4 Å². The van der Waals surface area contributed by atoms with Gasteiger partial charge in [0.15, 0.2) is 5.16 Å². The van der Waals surface area contributed by atoms with Crippen LogP contribution in [0.3, 0.4) is 0 Å². The number of aromatic amines is 1. The molecule has 9 heteroatoms. The minimum absolute atomic E-state index is 0.000128. The van der Waals surface area contributed by atoms with Crippen molar-refractivity contribution in [1.29, 1.82) is 0 Å². The third-order valence-electron chi connectivity index (χ3n) is 2.61. The molecule has 1 aromatic carbocycles. The molecule has 0 fully saturated rings. The number of hydrogen-bond donors (Lipinski definition) is 3. The van der Waals surface area contributed by atoms with E-state index in [0.29, 0.717) is 21.9 Å². The first-order chi connectivity index (χ1) is 10.1. The van der Waals surface area contributed by atoms with Crippen LogP contribution < -0.4 is 0 Å². The van der Waals surface area contributed by atoms with Gasteiger partial charge >= 0.3 is 0 Å². The molecule has 2 rings (SSSR count). The van der Waals surface area contributed by atoms with E-state index in [1.807, 2.05) is 0 Å². The number of fused-ring (bicyclic) bond motifs is 1. The number of ether oxygens (including phenoxy) is 1. The zero-order valence-electron chi connectivity index (χ0n) is 11.1. The number of aliphatic hydroxyl groups excluding tert-OH is 2. The SMILES string of the molecule is O=[N+]([O-])c1ccc2nc(SC[C@@H](O)COCCO)[nH]c2c1. The van der Waals surface area contributed by atoms with E-state index in [9.17, 15) is 15.2 Å². The number of thioether (sulfide) groups is 1. The molecule has 0 bridgehead atoms. The van der Waals surface area contributed by atoms with E-state index in [1.54, 1.807) is 6.07 Å². The van der Waals surface area contributed by atoms with Gasteiger partial charge < -0.3 is 19.9 Å². The topological polar surface area (TPSA) is 122 Å². The number of non-ortho nitro benzene ring substituents is 1. The highest BCUT2D eigenvalue weighted by atomic mass is 32.2. The van der Waals surface area contributed by atoms with E-state index in [0.717, 1.165) is 0 Å². The smallest absolute Gasteiger partial charge is 0.271 e. The fourth-order valence-corrected chi connectivity index (χ4v) is 2.45. The fraction of sp³-hybridized carbons (Fsp3) is 0.417. The van der Waals surface area contributed by atoms with Crippen molar-refractivity contribution in [3.63, 3.8) is 0 Å². The van der Waals surface area contributed by atoms with Crippen LogP contribution in [0.2, 0.25) is 0 Å². The van der Waals surface area contributed by atoms with Gasteiger partial charge in [-0.15, -0.1) is 0 Å². The number of aromatic nitrogens is 2. The Morgan fingerprint density at radius 1 is 1.52 bits per heavy atom. The molecule has 21 heavy (non-hydrogen) atoms. The molecule has 0 aliphatic rings. The number of benzene rings is 1. The van der Waals surface area contributed by atoms with Crippen molar-refractivity contribution in [1.82, 2.24) is 9.97 Å². The molecule has 0 saturated carbocycles. The van der Waals surface area contributed by atoms with E-state index >= 15 is 0 Å². The number of nitrogens with one attached hydrogen (secondary N) is 1. The van der Waals surface area contributed by atoms with E-state index in [4.69, 9.17) is 9.84 Å². The minimum Gasteiger partial charge on any atom is -0.394 e. The summed E-state index contributed by atoms with van der Waals surface area (Å²) >= 11 is 1.30. The predicted molar refractivity (Wildman–Crippen MR) is 77.4 cm³/mol. The Balaban J connectivity index is 1.95. The van der Waals surface area contributed by atoms with E-state index in [2.05, 4.69) is 9.97 Å². The molecule has 2 aromatic rings. The monoisotopic (exact) mass is 313 g/mol. The average molecular weight is 313 g/mol. The maximum atomic E-state index is 10.7. The van der Waals surface area contributed by atoms with Crippen molar-refractivity contribution in [2.75, 3.05) is 25.6 Å². The first-order valence-corrected chi connectivity index (χ1v) is 7.22. The molecular formula is C12H15N3O5S. The van der Waals surface area contributed by atoms with Crippen molar-refractivity contribution in [3.05, 3.63) is 28.3 Å². The summed E-state index contributed by atoms with van der Waals surface area (Å²) in [6.45, 7) is 0.248. The maximum absolute atomic E-state index is 10.7. The Morgan fingerprint density at radius 2 is 2.33 bits per heavy atom. The summed E-state index contributed by atoms with van der Waals surface area (Å²) in [5.41, 5.74) is 1.21. The zero-order chi connectivity index (χ0) is 15.2. The predicted octanol–water partition coefficient (Wildman–Crippen LogP) is 0.933. The van der Waals surface area contributed by atoms with Gasteiger partial charge in [0.05, 0.1) is 41.9 Å².